The average Bonchev–Trinajstić information content (AvgIpc) is 3.07. The van der Waals surface area contributed by atoms with Gasteiger partial charge < -0.3 is 19.5 Å². The molecule has 0 aromatic heterocycles. The van der Waals surface area contributed by atoms with E-state index in [4.69, 9.17) is 14.2 Å². The number of nitrogens with one attached hydrogen (secondary N) is 1. The molecule has 26 heavy (non-hydrogen) atoms. The Morgan fingerprint density at radius 3 is 2.85 bits per heavy atom. The second-order valence-electron chi connectivity index (χ2n) is 5.56. The SMILES string of the molecule is C[C@@H](NC(=O)COc1cc(F)ccc1[N+](=O)[O-])c1ccc2c(c1)OCO2. The second kappa shape index (κ2) is 7.26. The van der Waals surface area contributed by atoms with Crippen molar-refractivity contribution in [3.8, 4) is 17.2 Å². The van der Waals surface area contributed by atoms with E-state index in [1.54, 1.807) is 25.1 Å². The van der Waals surface area contributed by atoms with Crippen LogP contribution in [-0.2, 0) is 4.79 Å². The number of hydrogen-bond donors (Lipinski definition) is 1. The van der Waals surface area contributed by atoms with Crippen LogP contribution in [0.25, 0.3) is 0 Å². The van der Waals surface area contributed by atoms with Crippen LogP contribution in [0.3, 0.4) is 0 Å². The van der Waals surface area contributed by atoms with E-state index in [9.17, 15) is 19.3 Å². The summed E-state index contributed by atoms with van der Waals surface area (Å²) < 4.78 is 28.9. The van der Waals surface area contributed by atoms with Gasteiger partial charge in [0.2, 0.25) is 12.5 Å². The van der Waals surface area contributed by atoms with Crippen LogP contribution in [0, 0.1) is 15.9 Å². The zero-order chi connectivity index (χ0) is 18.7. The summed E-state index contributed by atoms with van der Waals surface area (Å²) in [4.78, 5) is 22.3. The largest absolute Gasteiger partial charge is 0.477 e. The molecular weight excluding hydrogens is 347 g/mol. The highest BCUT2D eigenvalue weighted by Gasteiger charge is 2.19. The standard InChI is InChI=1S/C17H15FN2O6/c1-10(11-2-5-14-16(6-11)26-9-25-14)19-17(21)8-24-15-7-12(18)3-4-13(15)20(22)23/h2-7,10H,8-9H2,1H3,(H,19,21)/t10-/m1/s1. The fourth-order valence-corrected chi connectivity index (χ4v) is 2.45. The number of halogens is 1. The number of nitrogens with zero attached hydrogens (tertiary/aromatic N) is 1. The minimum absolute atomic E-state index is 0.153. The molecule has 3 rings (SSSR count). The van der Waals surface area contributed by atoms with Crippen molar-refractivity contribution in [2.24, 2.45) is 0 Å². The highest BCUT2D eigenvalue weighted by atomic mass is 19.1. The highest BCUT2D eigenvalue weighted by Crippen LogP contribution is 2.34. The van der Waals surface area contributed by atoms with E-state index < -0.39 is 28.9 Å². The molecule has 0 saturated carbocycles. The Morgan fingerprint density at radius 1 is 1.31 bits per heavy atom. The van der Waals surface area contributed by atoms with Gasteiger partial charge in [-0.2, -0.15) is 0 Å². The zero-order valence-electron chi connectivity index (χ0n) is 13.7. The summed E-state index contributed by atoms with van der Waals surface area (Å²) in [7, 11) is 0. The fraction of sp³-hybridized carbons (Fsp3) is 0.235. The van der Waals surface area contributed by atoms with E-state index >= 15 is 0 Å². The van der Waals surface area contributed by atoms with Gasteiger partial charge >= 0.3 is 5.69 Å². The molecule has 0 fully saturated rings. The monoisotopic (exact) mass is 362 g/mol. The normalized spacial score (nSPS) is 13.2. The van der Waals surface area contributed by atoms with Crippen molar-refractivity contribution >= 4 is 11.6 Å². The summed E-state index contributed by atoms with van der Waals surface area (Å²) in [6, 6.07) is 7.73. The lowest BCUT2D eigenvalue weighted by Crippen LogP contribution is -2.31. The Kier molecular flexibility index (Phi) is 4.87. The molecule has 1 aliphatic heterocycles. The Balaban J connectivity index is 1.61. The molecule has 1 N–H and O–H groups in total. The second-order valence-corrected chi connectivity index (χ2v) is 5.56. The van der Waals surface area contributed by atoms with E-state index in [-0.39, 0.29) is 18.6 Å². The molecule has 1 aliphatic rings. The van der Waals surface area contributed by atoms with Gasteiger partial charge in [-0.15, -0.1) is 0 Å². The number of rotatable bonds is 6. The van der Waals surface area contributed by atoms with E-state index in [1.807, 2.05) is 0 Å². The van der Waals surface area contributed by atoms with Crippen LogP contribution in [-0.4, -0.2) is 24.2 Å². The van der Waals surface area contributed by atoms with Crippen molar-refractivity contribution in [2.45, 2.75) is 13.0 Å². The lowest BCUT2D eigenvalue weighted by Gasteiger charge is -2.15. The molecule has 0 bridgehead atoms. The van der Waals surface area contributed by atoms with Crippen LogP contribution in [0.1, 0.15) is 18.5 Å². The van der Waals surface area contributed by atoms with Crippen molar-refractivity contribution < 1.29 is 28.3 Å². The van der Waals surface area contributed by atoms with Gasteiger partial charge in [-0.05, 0) is 30.7 Å². The summed E-state index contributed by atoms with van der Waals surface area (Å²) in [5.41, 5.74) is 0.377. The van der Waals surface area contributed by atoms with Crippen LogP contribution in [0.2, 0.25) is 0 Å². The maximum atomic E-state index is 13.3. The number of amides is 1. The fourth-order valence-electron chi connectivity index (χ4n) is 2.45. The summed E-state index contributed by atoms with van der Waals surface area (Å²) >= 11 is 0. The summed E-state index contributed by atoms with van der Waals surface area (Å²) in [6.45, 7) is 1.43. The first-order valence-electron chi connectivity index (χ1n) is 7.69. The van der Waals surface area contributed by atoms with Gasteiger partial charge in [-0.25, -0.2) is 4.39 Å². The van der Waals surface area contributed by atoms with Crippen molar-refractivity contribution in [1.29, 1.82) is 0 Å². The van der Waals surface area contributed by atoms with Crippen LogP contribution < -0.4 is 19.5 Å². The lowest BCUT2D eigenvalue weighted by atomic mass is 10.1. The topological polar surface area (TPSA) is 99.9 Å². The molecule has 136 valence electrons. The van der Waals surface area contributed by atoms with E-state index in [2.05, 4.69) is 5.32 Å². The van der Waals surface area contributed by atoms with Crippen LogP contribution in [0.15, 0.2) is 36.4 Å². The molecule has 2 aromatic carbocycles. The number of carbonyl (C=O) groups excluding carboxylic acids is 1. The van der Waals surface area contributed by atoms with Crippen LogP contribution in [0.5, 0.6) is 17.2 Å². The predicted octanol–water partition coefficient (Wildman–Crippen LogP) is 2.72. The molecule has 0 aliphatic carbocycles. The van der Waals surface area contributed by atoms with Gasteiger partial charge in [0.05, 0.1) is 11.0 Å². The van der Waals surface area contributed by atoms with Crippen molar-refractivity contribution in [3.05, 3.63) is 57.9 Å². The number of hydrogen-bond acceptors (Lipinski definition) is 6. The maximum absolute atomic E-state index is 13.3. The average molecular weight is 362 g/mol. The third-order valence-electron chi connectivity index (χ3n) is 3.75. The third-order valence-corrected chi connectivity index (χ3v) is 3.75. The zero-order valence-corrected chi connectivity index (χ0v) is 13.7. The molecule has 0 unspecified atom stereocenters. The molecule has 2 aromatic rings. The number of nitro benzene ring substituents is 1. The molecule has 0 saturated heterocycles. The Bertz CT molecular complexity index is 857. The van der Waals surface area contributed by atoms with Crippen LogP contribution in [0.4, 0.5) is 10.1 Å². The van der Waals surface area contributed by atoms with Crippen LogP contribution >= 0.6 is 0 Å². The van der Waals surface area contributed by atoms with E-state index in [1.165, 1.54) is 0 Å². The molecule has 1 amide bonds. The minimum Gasteiger partial charge on any atom is -0.477 e. The van der Waals surface area contributed by atoms with Gasteiger partial charge in [-0.3, -0.25) is 14.9 Å². The number of ether oxygens (including phenoxy) is 3. The van der Waals surface area contributed by atoms with Gasteiger partial charge in [-0.1, -0.05) is 6.07 Å². The third kappa shape index (κ3) is 3.82. The van der Waals surface area contributed by atoms with Crippen molar-refractivity contribution in [3.63, 3.8) is 0 Å². The Morgan fingerprint density at radius 2 is 2.08 bits per heavy atom. The Labute approximate surface area is 147 Å². The maximum Gasteiger partial charge on any atom is 0.311 e. The summed E-state index contributed by atoms with van der Waals surface area (Å²) in [5.74, 6) is -0.279. The smallest absolute Gasteiger partial charge is 0.311 e. The predicted molar refractivity (Wildman–Crippen MR) is 87.7 cm³/mol. The first-order chi connectivity index (χ1) is 12.4. The molecule has 1 heterocycles. The van der Waals surface area contributed by atoms with Gasteiger partial charge in [0.25, 0.3) is 5.91 Å². The van der Waals surface area contributed by atoms with Gasteiger partial charge in [0.1, 0.15) is 5.82 Å². The highest BCUT2D eigenvalue weighted by molar-refractivity contribution is 5.78. The number of benzene rings is 2. The molecule has 8 nitrogen and oxygen atoms in total. The lowest BCUT2D eigenvalue weighted by molar-refractivity contribution is -0.385. The quantitative estimate of drug-likeness (QED) is 0.626. The molecule has 0 spiro atoms. The molecule has 0 radical (unpaired) electrons. The number of nitro groups is 1. The van der Waals surface area contributed by atoms with E-state index in [0.29, 0.717) is 11.5 Å². The first-order valence-corrected chi connectivity index (χ1v) is 7.69. The number of fused-ring (bicyclic) bond motifs is 1. The Hall–Kier alpha value is -3.36. The molecule has 9 heteroatoms. The summed E-state index contributed by atoms with van der Waals surface area (Å²) in [6.07, 6.45) is 0. The first kappa shape index (κ1) is 17.5. The summed E-state index contributed by atoms with van der Waals surface area (Å²) in [5, 5.41) is 13.6. The van der Waals surface area contributed by atoms with E-state index in [0.717, 1.165) is 23.8 Å². The number of carbonyl (C=O) groups is 1. The van der Waals surface area contributed by atoms with Gasteiger partial charge in [0, 0.05) is 12.1 Å². The van der Waals surface area contributed by atoms with Crippen molar-refractivity contribution in [1.82, 2.24) is 5.32 Å². The minimum atomic E-state index is -0.706. The molecular formula is C17H15FN2O6. The van der Waals surface area contributed by atoms with Crippen molar-refractivity contribution in [2.75, 3.05) is 13.4 Å². The van der Waals surface area contributed by atoms with Gasteiger partial charge in [0.15, 0.2) is 18.1 Å². The molecule has 1 atom stereocenters.